The van der Waals surface area contributed by atoms with Crippen molar-refractivity contribution in [2.45, 2.75) is 32.0 Å². The van der Waals surface area contributed by atoms with E-state index in [2.05, 4.69) is 17.0 Å². The molecule has 1 aliphatic heterocycles. The van der Waals surface area contributed by atoms with Gasteiger partial charge in [0.1, 0.15) is 5.75 Å². The van der Waals surface area contributed by atoms with Crippen LogP contribution >= 0.6 is 11.8 Å². The minimum Gasteiger partial charge on any atom is -0.434 e. The van der Waals surface area contributed by atoms with Crippen molar-refractivity contribution in [3.05, 3.63) is 29.8 Å². The van der Waals surface area contributed by atoms with Crippen molar-refractivity contribution in [3.8, 4) is 5.75 Å². The summed E-state index contributed by atoms with van der Waals surface area (Å²) < 4.78 is 29.3. The monoisotopic (exact) mass is 273 g/mol. The first-order chi connectivity index (χ1) is 8.70. The lowest BCUT2D eigenvalue weighted by molar-refractivity contribution is -0.0506. The Balaban J connectivity index is 2.16. The van der Waals surface area contributed by atoms with Crippen molar-refractivity contribution in [2.75, 3.05) is 11.5 Å². The Bertz CT molecular complexity index is 389. The molecule has 2 unspecified atom stereocenters. The summed E-state index contributed by atoms with van der Waals surface area (Å²) in [6.07, 6.45) is 1.04. The quantitative estimate of drug-likeness (QED) is 0.908. The average Bonchev–Trinajstić information content (AvgIpc) is 2.39. The summed E-state index contributed by atoms with van der Waals surface area (Å²) >= 11 is 1.85. The molecule has 1 saturated heterocycles. The second kappa shape index (κ2) is 6.38. The number of hydrogen-bond donors (Lipinski definition) is 1. The SMILES string of the molecule is CCC1CSCC(c2ccccc2OC(F)F)N1. The minimum absolute atomic E-state index is 0.0867. The van der Waals surface area contributed by atoms with Crippen molar-refractivity contribution >= 4 is 11.8 Å². The molecule has 2 rings (SSSR count). The van der Waals surface area contributed by atoms with Gasteiger partial charge in [0, 0.05) is 29.2 Å². The molecule has 0 aromatic heterocycles. The number of rotatable bonds is 4. The first kappa shape index (κ1) is 13.6. The van der Waals surface area contributed by atoms with E-state index in [1.54, 1.807) is 12.1 Å². The smallest absolute Gasteiger partial charge is 0.387 e. The molecule has 0 saturated carbocycles. The summed E-state index contributed by atoms with van der Waals surface area (Å²) in [6.45, 7) is -0.647. The van der Waals surface area contributed by atoms with Crippen molar-refractivity contribution in [1.29, 1.82) is 0 Å². The maximum atomic E-state index is 12.4. The molecule has 18 heavy (non-hydrogen) atoms. The average molecular weight is 273 g/mol. The van der Waals surface area contributed by atoms with Crippen molar-refractivity contribution < 1.29 is 13.5 Å². The molecule has 0 spiro atoms. The topological polar surface area (TPSA) is 21.3 Å². The lowest BCUT2D eigenvalue weighted by atomic mass is 10.1. The van der Waals surface area contributed by atoms with Gasteiger partial charge in [-0.15, -0.1) is 0 Å². The molecule has 0 bridgehead atoms. The Morgan fingerprint density at radius 3 is 2.89 bits per heavy atom. The molecule has 1 fully saturated rings. The first-order valence-corrected chi connectivity index (χ1v) is 7.23. The van der Waals surface area contributed by atoms with Crippen LogP contribution in [-0.4, -0.2) is 24.2 Å². The molecule has 5 heteroatoms. The van der Waals surface area contributed by atoms with E-state index in [9.17, 15) is 8.78 Å². The number of alkyl halides is 2. The minimum atomic E-state index is -2.77. The molecule has 0 radical (unpaired) electrons. The van der Waals surface area contributed by atoms with Crippen LogP contribution in [-0.2, 0) is 0 Å². The third kappa shape index (κ3) is 3.36. The number of para-hydroxylation sites is 1. The summed E-state index contributed by atoms with van der Waals surface area (Å²) in [7, 11) is 0. The van der Waals surface area contributed by atoms with Crippen molar-refractivity contribution in [2.24, 2.45) is 0 Å². The van der Waals surface area contributed by atoms with E-state index in [4.69, 9.17) is 0 Å². The third-order valence-corrected chi connectivity index (χ3v) is 4.25. The molecule has 1 aromatic rings. The Kier molecular flexibility index (Phi) is 4.83. The maximum absolute atomic E-state index is 12.4. The first-order valence-electron chi connectivity index (χ1n) is 6.08. The summed E-state index contributed by atoms with van der Waals surface area (Å²) in [6, 6.07) is 7.55. The predicted molar refractivity (Wildman–Crippen MR) is 70.4 cm³/mol. The Hall–Kier alpha value is -0.810. The molecule has 100 valence electrons. The highest BCUT2D eigenvalue weighted by atomic mass is 32.2. The van der Waals surface area contributed by atoms with E-state index in [1.165, 1.54) is 0 Å². The van der Waals surface area contributed by atoms with E-state index in [0.717, 1.165) is 23.5 Å². The van der Waals surface area contributed by atoms with E-state index in [-0.39, 0.29) is 11.8 Å². The number of nitrogens with one attached hydrogen (secondary N) is 1. The van der Waals surface area contributed by atoms with Gasteiger partial charge >= 0.3 is 6.61 Å². The summed E-state index contributed by atoms with van der Waals surface area (Å²) in [5.74, 6) is 2.24. The molecule has 0 amide bonds. The number of halogens is 2. The highest BCUT2D eigenvalue weighted by molar-refractivity contribution is 7.99. The second-order valence-corrected chi connectivity index (χ2v) is 5.35. The van der Waals surface area contributed by atoms with Gasteiger partial charge in [-0.25, -0.2) is 0 Å². The fraction of sp³-hybridized carbons (Fsp3) is 0.538. The van der Waals surface area contributed by atoms with Crippen LogP contribution in [0.2, 0.25) is 0 Å². The molecule has 0 aliphatic carbocycles. The van der Waals surface area contributed by atoms with Crippen LogP contribution in [0.5, 0.6) is 5.75 Å². The Morgan fingerprint density at radius 2 is 2.17 bits per heavy atom. The molecule has 1 heterocycles. The van der Waals surface area contributed by atoms with Gasteiger partial charge in [-0.2, -0.15) is 20.5 Å². The van der Waals surface area contributed by atoms with Gasteiger partial charge < -0.3 is 10.1 Å². The standard InChI is InChI=1S/C13H17F2NOS/c1-2-9-7-18-8-11(16-9)10-5-3-4-6-12(10)17-13(14)15/h3-6,9,11,13,16H,2,7-8H2,1H3. The van der Waals surface area contributed by atoms with Gasteiger partial charge in [-0.05, 0) is 12.5 Å². The Morgan fingerprint density at radius 1 is 1.39 bits per heavy atom. The van der Waals surface area contributed by atoms with Crippen LogP contribution in [0.3, 0.4) is 0 Å². The van der Waals surface area contributed by atoms with Crippen LogP contribution in [0.15, 0.2) is 24.3 Å². The van der Waals surface area contributed by atoms with Crippen LogP contribution in [0.4, 0.5) is 8.78 Å². The van der Waals surface area contributed by atoms with Gasteiger partial charge in [0.2, 0.25) is 0 Å². The lowest BCUT2D eigenvalue weighted by Gasteiger charge is -2.31. The van der Waals surface area contributed by atoms with Crippen LogP contribution < -0.4 is 10.1 Å². The zero-order valence-corrected chi connectivity index (χ0v) is 11.1. The van der Waals surface area contributed by atoms with Crippen LogP contribution in [0, 0.1) is 0 Å². The van der Waals surface area contributed by atoms with Crippen LogP contribution in [0.1, 0.15) is 24.9 Å². The van der Waals surface area contributed by atoms with E-state index in [0.29, 0.717) is 6.04 Å². The second-order valence-electron chi connectivity index (χ2n) is 4.28. The third-order valence-electron chi connectivity index (χ3n) is 3.04. The number of benzene rings is 1. The number of ether oxygens (including phenoxy) is 1. The summed E-state index contributed by atoms with van der Waals surface area (Å²) in [5.41, 5.74) is 0.823. The molecule has 1 aliphatic rings. The normalized spacial score (nSPS) is 24.2. The van der Waals surface area contributed by atoms with Gasteiger partial charge in [0.15, 0.2) is 0 Å². The van der Waals surface area contributed by atoms with Crippen molar-refractivity contribution in [3.63, 3.8) is 0 Å². The molecule has 1 N–H and O–H groups in total. The van der Waals surface area contributed by atoms with Gasteiger partial charge in [-0.3, -0.25) is 0 Å². The molecule has 1 aromatic carbocycles. The van der Waals surface area contributed by atoms with Gasteiger partial charge in [-0.1, -0.05) is 25.1 Å². The molecular weight excluding hydrogens is 256 g/mol. The molecule has 2 nitrogen and oxygen atoms in total. The lowest BCUT2D eigenvalue weighted by Crippen LogP contribution is -2.39. The number of thioether (sulfide) groups is 1. The largest absolute Gasteiger partial charge is 0.434 e. The highest BCUT2D eigenvalue weighted by Crippen LogP contribution is 2.32. The Labute approximate surface area is 110 Å². The summed E-state index contributed by atoms with van der Waals surface area (Å²) in [5, 5.41) is 3.49. The van der Waals surface area contributed by atoms with E-state index in [1.807, 2.05) is 23.9 Å². The van der Waals surface area contributed by atoms with E-state index < -0.39 is 6.61 Å². The fourth-order valence-electron chi connectivity index (χ4n) is 2.10. The van der Waals surface area contributed by atoms with Crippen LogP contribution in [0.25, 0.3) is 0 Å². The zero-order chi connectivity index (χ0) is 13.0. The maximum Gasteiger partial charge on any atom is 0.387 e. The van der Waals surface area contributed by atoms with Gasteiger partial charge in [0.05, 0.1) is 0 Å². The highest BCUT2D eigenvalue weighted by Gasteiger charge is 2.24. The zero-order valence-electron chi connectivity index (χ0n) is 10.2. The van der Waals surface area contributed by atoms with E-state index >= 15 is 0 Å². The fourth-order valence-corrected chi connectivity index (χ4v) is 3.36. The number of hydrogen-bond acceptors (Lipinski definition) is 3. The van der Waals surface area contributed by atoms with Gasteiger partial charge in [0.25, 0.3) is 0 Å². The molecule has 2 atom stereocenters. The summed E-state index contributed by atoms with van der Waals surface area (Å²) in [4.78, 5) is 0. The van der Waals surface area contributed by atoms with Crippen molar-refractivity contribution in [1.82, 2.24) is 5.32 Å². The molecular formula is C13H17F2NOS. The predicted octanol–water partition coefficient (Wildman–Crippen LogP) is 3.44.